The number of methoxy groups -OCH3 is 1. The van der Waals surface area contributed by atoms with Crippen LogP contribution < -0.4 is 10.6 Å². The maximum Gasteiger partial charge on any atom is 0.191 e. The van der Waals surface area contributed by atoms with Crippen molar-refractivity contribution in [2.24, 2.45) is 4.99 Å². The average molecular weight is 537 g/mol. The number of nitrogens with zero attached hydrogens (tertiary/aromatic N) is 5. The molecule has 0 aliphatic heterocycles. The normalized spacial score (nSPS) is 11.3. The Bertz CT molecular complexity index is 949. The molecule has 0 saturated heterocycles. The molecular weight excluding hydrogens is 505 g/mol. The molecule has 9 heteroatoms. The van der Waals surface area contributed by atoms with Crippen molar-refractivity contribution in [3.05, 3.63) is 65.2 Å². The van der Waals surface area contributed by atoms with E-state index in [-0.39, 0.29) is 24.0 Å². The molecule has 31 heavy (non-hydrogen) atoms. The molecule has 0 fully saturated rings. The summed E-state index contributed by atoms with van der Waals surface area (Å²) < 4.78 is 9.02. The van der Waals surface area contributed by atoms with Crippen LogP contribution in [0.3, 0.4) is 0 Å². The smallest absolute Gasteiger partial charge is 0.191 e. The van der Waals surface area contributed by atoms with Crippen molar-refractivity contribution in [1.29, 1.82) is 0 Å². The zero-order chi connectivity index (χ0) is 21.3. The fourth-order valence-corrected chi connectivity index (χ4v) is 3.34. The van der Waals surface area contributed by atoms with Gasteiger partial charge in [-0.15, -0.1) is 24.0 Å². The van der Waals surface area contributed by atoms with Crippen molar-refractivity contribution in [1.82, 2.24) is 30.2 Å². The lowest BCUT2D eigenvalue weighted by Crippen LogP contribution is -2.38. The largest absolute Gasteiger partial charge is 0.383 e. The van der Waals surface area contributed by atoms with Crippen LogP contribution in [0.25, 0.3) is 5.69 Å². The predicted octanol–water partition coefficient (Wildman–Crippen LogP) is 2.86. The van der Waals surface area contributed by atoms with Crippen LogP contribution in [0, 0.1) is 13.8 Å². The Balaban J connectivity index is 0.00000341. The zero-order valence-corrected chi connectivity index (χ0v) is 21.0. The van der Waals surface area contributed by atoms with Gasteiger partial charge >= 0.3 is 0 Å². The van der Waals surface area contributed by atoms with Crippen molar-refractivity contribution in [3.8, 4) is 5.69 Å². The molecule has 0 amide bonds. The fourth-order valence-electron chi connectivity index (χ4n) is 3.34. The number of hydrogen-bond acceptors (Lipinski definition) is 4. The summed E-state index contributed by atoms with van der Waals surface area (Å²) in [6, 6.07) is 10.4. The van der Waals surface area contributed by atoms with E-state index in [4.69, 9.17) is 4.74 Å². The summed E-state index contributed by atoms with van der Waals surface area (Å²) in [7, 11) is 3.49. The number of guanidine groups is 1. The quantitative estimate of drug-likeness (QED) is 0.249. The molecule has 2 aromatic heterocycles. The number of aromatic nitrogens is 4. The van der Waals surface area contributed by atoms with E-state index in [1.54, 1.807) is 20.4 Å². The van der Waals surface area contributed by atoms with Crippen LogP contribution in [0.5, 0.6) is 0 Å². The highest BCUT2D eigenvalue weighted by Crippen LogP contribution is 2.13. The van der Waals surface area contributed by atoms with Gasteiger partial charge in [0.15, 0.2) is 5.96 Å². The average Bonchev–Trinajstić information content (AvgIpc) is 3.38. The van der Waals surface area contributed by atoms with E-state index in [0.717, 1.165) is 42.5 Å². The van der Waals surface area contributed by atoms with Crippen molar-refractivity contribution in [3.63, 3.8) is 0 Å². The summed E-state index contributed by atoms with van der Waals surface area (Å²) in [4.78, 5) is 4.33. The van der Waals surface area contributed by atoms with Gasteiger partial charge in [-0.1, -0.05) is 12.1 Å². The van der Waals surface area contributed by atoms with Crippen LogP contribution in [0.15, 0.2) is 47.7 Å². The van der Waals surface area contributed by atoms with Gasteiger partial charge in [0.2, 0.25) is 0 Å². The van der Waals surface area contributed by atoms with Crippen LogP contribution in [0.1, 0.15) is 22.5 Å². The summed E-state index contributed by atoms with van der Waals surface area (Å²) in [5.74, 6) is 0.784. The van der Waals surface area contributed by atoms with Crippen LogP contribution in [0.2, 0.25) is 0 Å². The Morgan fingerprint density at radius 2 is 1.94 bits per heavy atom. The molecule has 1 aromatic carbocycles. The van der Waals surface area contributed by atoms with Gasteiger partial charge < -0.3 is 15.4 Å². The highest BCUT2D eigenvalue weighted by Gasteiger charge is 2.11. The van der Waals surface area contributed by atoms with E-state index < -0.39 is 0 Å². The minimum absolute atomic E-state index is 0. The van der Waals surface area contributed by atoms with Crippen molar-refractivity contribution >= 4 is 29.9 Å². The molecule has 3 rings (SSSR count). The highest BCUT2D eigenvalue weighted by molar-refractivity contribution is 14.0. The molecule has 168 valence electrons. The number of hydrogen-bond donors (Lipinski definition) is 2. The van der Waals surface area contributed by atoms with Crippen LogP contribution in [0.4, 0.5) is 0 Å². The minimum atomic E-state index is 0. The molecule has 0 bridgehead atoms. The Labute approximate surface area is 201 Å². The second-order valence-electron chi connectivity index (χ2n) is 7.08. The second-order valence-corrected chi connectivity index (χ2v) is 7.08. The van der Waals surface area contributed by atoms with Gasteiger partial charge in [-0.05, 0) is 44.0 Å². The van der Waals surface area contributed by atoms with Crippen molar-refractivity contribution < 1.29 is 4.74 Å². The van der Waals surface area contributed by atoms with E-state index in [9.17, 15) is 0 Å². The molecule has 2 N–H and O–H groups in total. The van der Waals surface area contributed by atoms with E-state index in [2.05, 4.69) is 57.0 Å². The van der Waals surface area contributed by atoms with Crippen molar-refractivity contribution in [2.75, 3.05) is 27.3 Å². The molecule has 0 spiro atoms. The van der Waals surface area contributed by atoms with E-state index in [1.165, 1.54) is 11.1 Å². The molecule has 2 heterocycles. The molecule has 0 aliphatic rings. The Morgan fingerprint density at radius 3 is 2.58 bits per heavy atom. The monoisotopic (exact) mass is 537 g/mol. The van der Waals surface area contributed by atoms with Gasteiger partial charge in [0.25, 0.3) is 0 Å². The number of nitrogens with one attached hydrogen (secondary N) is 2. The van der Waals surface area contributed by atoms with Crippen LogP contribution >= 0.6 is 24.0 Å². The third-order valence-electron chi connectivity index (χ3n) is 5.11. The maximum atomic E-state index is 5.16. The van der Waals surface area contributed by atoms with Gasteiger partial charge in [-0.2, -0.15) is 10.2 Å². The third kappa shape index (κ3) is 6.79. The third-order valence-corrected chi connectivity index (χ3v) is 5.11. The first-order valence-electron chi connectivity index (χ1n) is 10.2. The molecule has 0 aliphatic carbocycles. The summed E-state index contributed by atoms with van der Waals surface area (Å²) in [6.07, 6.45) is 4.63. The van der Waals surface area contributed by atoms with Crippen LogP contribution in [-0.2, 0) is 24.2 Å². The van der Waals surface area contributed by atoms with Crippen molar-refractivity contribution in [2.45, 2.75) is 33.4 Å². The first-order valence-corrected chi connectivity index (χ1v) is 10.2. The van der Waals surface area contributed by atoms with Gasteiger partial charge in [0.1, 0.15) is 0 Å². The topological polar surface area (TPSA) is 81.3 Å². The molecule has 0 unspecified atom stereocenters. The molecule has 0 radical (unpaired) electrons. The number of aryl methyl sites for hydroxylation is 1. The maximum absolute atomic E-state index is 5.16. The van der Waals surface area contributed by atoms with E-state index in [0.29, 0.717) is 13.2 Å². The minimum Gasteiger partial charge on any atom is -0.383 e. The van der Waals surface area contributed by atoms with Crippen LogP contribution in [-0.4, -0.2) is 52.8 Å². The van der Waals surface area contributed by atoms with Gasteiger partial charge in [-0.3, -0.25) is 9.67 Å². The Kier molecular flexibility index (Phi) is 9.99. The fraction of sp³-hybridized carbons (Fsp3) is 0.409. The molecule has 0 saturated carbocycles. The summed E-state index contributed by atoms with van der Waals surface area (Å²) in [6.45, 7) is 7.03. The summed E-state index contributed by atoms with van der Waals surface area (Å²) in [5.41, 5.74) is 5.71. The summed E-state index contributed by atoms with van der Waals surface area (Å²) >= 11 is 0. The lowest BCUT2D eigenvalue weighted by Gasteiger charge is -2.12. The Morgan fingerprint density at radius 1 is 1.16 bits per heavy atom. The molecule has 3 aromatic rings. The zero-order valence-electron chi connectivity index (χ0n) is 18.6. The molecule has 0 atom stereocenters. The first kappa shape index (κ1) is 24.9. The molecular formula is C22H32IN7O. The van der Waals surface area contributed by atoms with Gasteiger partial charge in [-0.25, -0.2) is 4.68 Å². The second kappa shape index (κ2) is 12.5. The van der Waals surface area contributed by atoms with Gasteiger partial charge in [0.05, 0.1) is 24.5 Å². The first-order chi connectivity index (χ1) is 14.6. The lowest BCUT2D eigenvalue weighted by atomic mass is 10.1. The lowest BCUT2D eigenvalue weighted by molar-refractivity contribution is 0.182. The number of rotatable bonds is 9. The standard InChI is InChI=1S/C22H31N7O.HI/c1-17-21(18(2)28(27-17)14-15-30-4)16-25-22(23-3)24-12-10-19-6-8-20(9-7-19)29-13-5-11-26-29;/h5-9,11,13H,10,12,14-16H2,1-4H3,(H2,23,24,25);1H. The number of aliphatic imine (C=N–C) groups is 1. The SMILES string of the molecule is CN=C(NCCc1ccc(-n2cccn2)cc1)NCc1c(C)nn(CCOC)c1C.I. The van der Waals surface area contributed by atoms with E-state index >= 15 is 0 Å². The van der Waals surface area contributed by atoms with Gasteiger partial charge in [0, 0.05) is 50.9 Å². The molecule has 8 nitrogen and oxygen atoms in total. The Hall–Kier alpha value is -2.40. The number of benzene rings is 1. The summed E-state index contributed by atoms with van der Waals surface area (Å²) in [5, 5.41) is 15.6. The predicted molar refractivity (Wildman–Crippen MR) is 134 cm³/mol. The number of ether oxygens (including phenoxy) is 1. The van der Waals surface area contributed by atoms with E-state index in [1.807, 2.05) is 28.6 Å². The number of halogens is 1. The highest BCUT2D eigenvalue weighted by atomic mass is 127.